The maximum absolute atomic E-state index is 6.39. The van der Waals surface area contributed by atoms with Gasteiger partial charge < -0.3 is 4.42 Å². The van der Waals surface area contributed by atoms with Gasteiger partial charge in [0.2, 0.25) is 5.71 Å². The van der Waals surface area contributed by atoms with Crippen molar-refractivity contribution in [2.75, 3.05) is 0 Å². The molecule has 3 aromatic rings. The van der Waals surface area contributed by atoms with Crippen LogP contribution in [0.3, 0.4) is 0 Å². The fourth-order valence-electron chi connectivity index (χ4n) is 3.47. The van der Waals surface area contributed by atoms with Gasteiger partial charge in [-0.05, 0) is 37.5 Å². The molecule has 2 aromatic heterocycles. The molecule has 0 radical (unpaired) electrons. The minimum atomic E-state index is 0.246. The first kappa shape index (κ1) is 14.2. The normalized spacial score (nSPS) is 22.3. The van der Waals surface area contributed by atoms with Gasteiger partial charge in [0, 0.05) is 34.1 Å². The summed E-state index contributed by atoms with van der Waals surface area (Å²) in [6.45, 7) is 0. The monoisotopic (exact) mass is 333 g/mol. The van der Waals surface area contributed by atoms with Crippen LogP contribution in [0.5, 0.6) is 0 Å². The number of hydrogen-bond acceptors (Lipinski definition) is 1. The number of hydrogen-bond donors (Lipinski definition) is 0. The lowest BCUT2D eigenvalue weighted by Crippen LogP contribution is -2.14. The summed E-state index contributed by atoms with van der Waals surface area (Å²) < 4.78 is 8.29. The van der Waals surface area contributed by atoms with Gasteiger partial charge in [-0.3, -0.25) is 4.40 Å². The Labute approximate surface area is 139 Å². The lowest BCUT2D eigenvalue weighted by atomic mass is 9.85. The number of oxazole rings is 1. The van der Waals surface area contributed by atoms with E-state index < -0.39 is 0 Å². The van der Waals surface area contributed by atoms with E-state index in [0.717, 1.165) is 53.4 Å². The Morgan fingerprint density at radius 1 is 1.14 bits per heavy atom. The molecule has 2 heterocycles. The van der Waals surface area contributed by atoms with Crippen molar-refractivity contribution in [2.24, 2.45) is 0 Å². The maximum atomic E-state index is 6.39. The van der Waals surface area contributed by atoms with E-state index in [-0.39, 0.29) is 5.38 Å². The van der Waals surface area contributed by atoms with Crippen LogP contribution in [-0.2, 0) is 0 Å². The molecule has 2 unspecified atom stereocenters. The van der Waals surface area contributed by atoms with Crippen molar-refractivity contribution in [3.8, 4) is 11.3 Å². The van der Waals surface area contributed by atoms with Crippen LogP contribution in [0.25, 0.3) is 17.0 Å². The molecule has 1 aromatic carbocycles. The van der Waals surface area contributed by atoms with Crippen molar-refractivity contribution in [3.63, 3.8) is 0 Å². The maximum Gasteiger partial charge on any atom is 0.204 e. The molecule has 114 valence electrons. The van der Waals surface area contributed by atoms with Crippen molar-refractivity contribution in [2.45, 2.75) is 37.0 Å². The van der Waals surface area contributed by atoms with Crippen LogP contribution in [0.2, 0.25) is 5.02 Å². The minimum absolute atomic E-state index is 0.246. The van der Waals surface area contributed by atoms with Crippen LogP contribution < -0.4 is 0 Å². The molecule has 4 heteroatoms. The van der Waals surface area contributed by atoms with Gasteiger partial charge >= 0.3 is 0 Å². The first-order valence-corrected chi connectivity index (χ1v) is 8.53. The Bertz CT molecular complexity index is 804. The number of fused-ring (bicyclic) bond motifs is 1. The summed E-state index contributed by atoms with van der Waals surface area (Å²) in [5, 5.41) is 0.985. The lowest BCUT2D eigenvalue weighted by molar-refractivity contribution is 0.390. The fourth-order valence-corrected chi connectivity index (χ4v) is 4.03. The van der Waals surface area contributed by atoms with Gasteiger partial charge in [-0.2, -0.15) is 0 Å². The first-order valence-electron chi connectivity index (χ1n) is 7.72. The second kappa shape index (κ2) is 5.68. The Morgan fingerprint density at radius 3 is 2.86 bits per heavy atom. The molecule has 4 rings (SSSR count). The van der Waals surface area contributed by atoms with Gasteiger partial charge in [-0.15, -0.1) is 11.6 Å². The molecule has 0 bridgehead atoms. The highest BCUT2D eigenvalue weighted by Gasteiger charge is 2.28. The first-order chi connectivity index (χ1) is 10.7. The van der Waals surface area contributed by atoms with E-state index in [4.69, 9.17) is 27.6 Å². The van der Waals surface area contributed by atoms with E-state index in [1.165, 1.54) is 0 Å². The average Bonchev–Trinajstić information content (AvgIpc) is 3.07. The topological polar surface area (TPSA) is 17.6 Å². The molecule has 2 nitrogen and oxygen atoms in total. The summed E-state index contributed by atoms with van der Waals surface area (Å²) in [7, 11) is 0. The smallest absolute Gasteiger partial charge is 0.204 e. The zero-order chi connectivity index (χ0) is 15.1. The fraction of sp³-hybridized carbons (Fsp3) is 0.333. The molecule has 0 amide bonds. The summed E-state index contributed by atoms with van der Waals surface area (Å²) in [5.74, 6) is 1.42. The van der Waals surface area contributed by atoms with E-state index in [2.05, 4.69) is 10.5 Å². The molecule has 0 saturated heterocycles. The summed E-state index contributed by atoms with van der Waals surface area (Å²) in [6.07, 6.45) is 6.41. The van der Waals surface area contributed by atoms with Crippen LogP contribution in [0.1, 0.15) is 37.4 Å². The van der Waals surface area contributed by atoms with Gasteiger partial charge in [-0.1, -0.05) is 30.2 Å². The highest BCUT2D eigenvalue weighted by molar-refractivity contribution is 6.30. The molecule has 22 heavy (non-hydrogen) atoms. The SMILES string of the molecule is Clc1cccc(-c2c(C3CCCC(Cl)C3)oc3cccn23)c1. The molecular weight excluding hydrogens is 317 g/mol. The number of aromatic nitrogens is 1. The Morgan fingerprint density at radius 2 is 2.05 bits per heavy atom. The van der Waals surface area contributed by atoms with Gasteiger partial charge in [0.15, 0.2) is 0 Å². The number of nitrogens with zero attached hydrogens (tertiary/aromatic N) is 1. The molecular formula is C18H17Cl2NO. The molecule has 1 aliphatic carbocycles. The standard InChI is InChI=1S/C18H17Cl2NO/c19-14-6-1-4-12(10-14)17-18(13-5-2-7-15(20)11-13)22-16-8-3-9-21(16)17/h1,3-4,6,8-10,13,15H,2,5,7,11H2. The Kier molecular flexibility index (Phi) is 3.67. The molecule has 1 aliphatic rings. The van der Waals surface area contributed by atoms with Crippen molar-refractivity contribution in [1.82, 2.24) is 4.40 Å². The van der Waals surface area contributed by atoms with E-state index >= 15 is 0 Å². The van der Waals surface area contributed by atoms with Crippen LogP contribution in [0, 0.1) is 0 Å². The predicted molar refractivity (Wildman–Crippen MR) is 91.0 cm³/mol. The third kappa shape index (κ3) is 2.45. The molecule has 1 saturated carbocycles. The highest BCUT2D eigenvalue weighted by Crippen LogP contribution is 2.41. The predicted octanol–water partition coefficient (Wildman–Crippen LogP) is 6.12. The number of halogens is 2. The summed E-state index contributed by atoms with van der Waals surface area (Å²) >= 11 is 12.6. The van der Waals surface area contributed by atoms with E-state index in [1.807, 2.05) is 36.5 Å². The average molecular weight is 334 g/mol. The zero-order valence-electron chi connectivity index (χ0n) is 12.1. The highest BCUT2D eigenvalue weighted by atomic mass is 35.5. The molecule has 0 spiro atoms. The second-order valence-corrected chi connectivity index (χ2v) is 7.06. The quantitative estimate of drug-likeness (QED) is 0.516. The third-order valence-corrected chi connectivity index (χ3v) is 5.11. The van der Waals surface area contributed by atoms with Crippen molar-refractivity contribution in [3.05, 3.63) is 53.4 Å². The molecule has 2 atom stereocenters. The van der Waals surface area contributed by atoms with Crippen LogP contribution in [-0.4, -0.2) is 9.78 Å². The van der Waals surface area contributed by atoms with Crippen LogP contribution >= 0.6 is 23.2 Å². The van der Waals surface area contributed by atoms with Gasteiger partial charge in [0.05, 0.1) is 5.69 Å². The lowest BCUT2D eigenvalue weighted by Gasteiger charge is -2.24. The molecule has 0 N–H and O–H groups in total. The number of rotatable bonds is 2. The second-order valence-electron chi connectivity index (χ2n) is 6.00. The van der Waals surface area contributed by atoms with Gasteiger partial charge in [0.1, 0.15) is 5.76 Å². The largest absolute Gasteiger partial charge is 0.442 e. The Hall–Kier alpha value is -1.38. The van der Waals surface area contributed by atoms with Crippen molar-refractivity contribution < 1.29 is 4.42 Å². The summed E-state index contributed by atoms with van der Waals surface area (Å²) in [5.41, 5.74) is 3.08. The minimum Gasteiger partial charge on any atom is -0.442 e. The van der Waals surface area contributed by atoms with Crippen molar-refractivity contribution in [1.29, 1.82) is 0 Å². The Balaban J connectivity index is 1.87. The molecule has 1 fully saturated rings. The number of benzene rings is 1. The summed E-state index contributed by atoms with van der Waals surface area (Å²) in [6, 6.07) is 12.0. The van der Waals surface area contributed by atoms with Gasteiger partial charge in [-0.25, -0.2) is 0 Å². The van der Waals surface area contributed by atoms with E-state index in [0.29, 0.717) is 5.92 Å². The zero-order valence-corrected chi connectivity index (χ0v) is 13.6. The third-order valence-electron chi connectivity index (χ3n) is 4.48. The van der Waals surface area contributed by atoms with Gasteiger partial charge in [0.25, 0.3) is 0 Å². The van der Waals surface area contributed by atoms with E-state index in [1.54, 1.807) is 0 Å². The van der Waals surface area contributed by atoms with Crippen LogP contribution in [0.4, 0.5) is 0 Å². The number of alkyl halides is 1. The summed E-state index contributed by atoms with van der Waals surface area (Å²) in [4.78, 5) is 0. The van der Waals surface area contributed by atoms with Crippen LogP contribution in [0.15, 0.2) is 47.0 Å². The van der Waals surface area contributed by atoms with E-state index in [9.17, 15) is 0 Å². The van der Waals surface area contributed by atoms with Crippen molar-refractivity contribution >= 4 is 28.9 Å². The molecule has 0 aliphatic heterocycles.